The first-order valence-corrected chi connectivity index (χ1v) is 8.23. The highest BCUT2D eigenvalue weighted by Crippen LogP contribution is 2.40. The van der Waals surface area contributed by atoms with Crippen molar-refractivity contribution in [2.45, 2.75) is 39.0 Å². The van der Waals surface area contributed by atoms with Crippen molar-refractivity contribution in [2.24, 2.45) is 0 Å². The topological polar surface area (TPSA) is 70.1 Å². The van der Waals surface area contributed by atoms with Gasteiger partial charge >= 0.3 is 0 Å². The molecule has 0 bridgehead atoms. The highest BCUT2D eigenvalue weighted by atomic mass is 16.3. The van der Waals surface area contributed by atoms with Gasteiger partial charge in [-0.15, -0.1) is 0 Å². The third kappa shape index (κ3) is 4.42. The summed E-state index contributed by atoms with van der Waals surface area (Å²) in [5, 5.41) is 15.5. The summed E-state index contributed by atoms with van der Waals surface area (Å²) in [5.74, 6) is 2.02. The van der Waals surface area contributed by atoms with Crippen LogP contribution < -0.4 is 10.6 Å². The van der Waals surface area contributed by atoms with E-state index >= 15 is 0 Å². The van der Waals surface area contributed by atoms with Gasteiger partial charge in [-0.3, -0.25) is 0 Å². The van der Waals surface area contributed by atoms with Crippen molar-refractivity contribution in [2.75, 3.05) is 23.8 Å². The molecule has 2 aromatic rings. The summed E-state index contributed by atoms with van der Waals surface area (Å²) in [6.45, 7) is 5.03. The molecule has 0 spiro atoms. The fourth-order valence-electron chi connectivity index (χ4n) is 2.67. The molecule has 1 saturated carbocycles. The van der Waals surface area contributed by atoms with E-state index in [1.54, 1.807) is 0 Å². The Morgan fingerprint density at radius 2 is 1.83 bits per heavy atom. The van der Waals surface area contributed by atoms with E-state index < -0.39 is 0 Å². The fourth-order valence-corrected chi connectivity index (χ4v) is 2.67. The molecule has 3 rings (SSSR count). The van der Waals surface area contributed by atoms with Crippen molar-refractivity contribution in [1.82, 2.24) is 9.97 Å². The van der Waals surface area contributed by atoms with E-state index in [1.807, 2.05) is 6.07 Å². The number of hydrogen-bond acceptors (Lipinski definition) is 5. The Morgan fingerprint density at radius 3 is 2.48 bits per heavy atom. The number of aromatic nitrogens is 2. The highest BCUT2D eigenvalue weighted by molar-refractivity contribution is 5.60. The average Bonchev–Trinajstić information content (AvgIpc) is 3.31. The fraction of sp³-hybridized carbons (Fsp3) is 0.444. The van der Waals surface area contributed by atoms with Gasteiger partial charge in [-0.05, 0) is 56.4 Å². The van der Waals surface area contributed by atoms with Crippen molar-refractivity contribution in [3.8, 4) is 0 Å². The molecule has 0 amide bonds. The third-order valence-corrected chi connectivity index (χ3v) is 3.85. The third-order valence-electron chi connectivity index (χ3n) is 3.85. The van der Waals surface area contributed by atoms with Gasteiger partial charge in [-0.25, -0.2) is 4.98 Å². The van der Waals surface area contributed by atoms with Gasteiger partial charge in [0.15, 0.2) is 0 Å². The van der Waals surface area contributed by atoms with Crippen molar-refractivity contribution in [1.29, 1.82) is 0 Å². The molecule has 0 saturated heterocycles. The van der Waals surface area contributed by atoms with Crippen LogP contribution in [0.3, 0.4) is 0 Å². The number of nitrogens with one attached hydrogen (secondary N) is 2. The smallest absolute Gasteiger partial charge is 0.224 e. The number of rotatable bonds is 7. The zero-order valence-electron chi connectivity index (χ0n) is 13.8. The molecule has 5 nitrogen and oxygen atoms in total. The Kier molecular flexibility index (Phi) is 4.76. The predicted molar refractivity (Wildman–Crippen MR) is 93.4 cm³/mol. The lowest BCUT2D eigenvalue weighted by atomic mass is 10.1. The van der Waals surface area contributed by atoms with E-state index in [4.69, 9.17) is 5.11 Å². The van der Waals surface area contributed by atoms with Crippen LogP contribution in [0.25, 0.3) is 0 Å². The molecular formula is C18H24N4O. The zero-order valence-corrected chi connectivity index (χ0v) is 13.8. The normalized spacial score (nSPS) is 13.9. The lowest BCUT2D eigenvalue weighted by molar-refractivity contribution is 0.292. The van der Waals surface area contributed by atoms with E-state index in [2.05, 4.69) is 52.6 Å². The molecule has 23 heavy (non-hydrogen) atoms. The summed E-state index contributed by atoms with van der Waals surface area (Å²) in [4.78, 5) is 9.16. The Hall–Kier alpha value is -2.14. The standard InChI is InChI=1S/C18H24N4O/c1-12-8-13(2)10-15(9-12)20-17-11-16(14-4-5-14)21-18(22-17)19-6-3-7-23/h8-11,14,23H,3-7H2,1-2H3,(H2,19,20,21,22). The molecule has 1 aromatic carbocycles. The number of aliphatic hydroxyl groups is 1. The molecule has 0 aliphatic heterocycles. The number of aliphatic hydroxyl groups excluding tert-OH is 1. The van der Waals surface area contributed by atoms with Gasteiger partial charge in [-0.1, -0.05) is 6.07 Å². The number of anilines is 3. The van der Waals surface area contributed by atoms with Gasteiger partial charge in [-0.2, -0.15) is 4.98 Å². The average molecular weight is 312 g/mol. The number of benzene rings is 1. The molecule has 0 unspecified atom stereocenters. The van der Waals surface area contributed by atoms with Crippen LogP contribution in [0.15, 0.2) is 24.3 Å². The molecule has 5 heteroatoms. The summed E-state index contributed by atoms with van der Waals surface area (Å²) < 4.78 is 0. The second kappa shape index (κ2) is 6.96. The van der Waals surface area contributed by atoms with Crippen LogP contribution in [-0.2, 0) is 0 Å². The maximum atomic E-state index is 8.91. The zero-order chi connectivity index (χ0) is 16.2. The minimum Gasteiger partial charge on any atom is -0.396 e. The Labute approximate surface area is 137 Å². The van der Waals surface area contributed by atoms with E-state index in [0.717, 1.165) is 17.2 Å². The molecule has 3 N–H and O–H groups in total. The van der Waals surface area contributed by atoms with Crippen molar-refractivity contribution >= 4 is 17.5 Å². The number of nitrogens with zero attached hydrogens (tertiary/aromatic N) is 2. The Morgan fingerprint density at radius 1 is 1.09 bits per heavy atom. The van der Waals surface area contributed by atoms with Crippen LogP contribution in [0.1, 0.15) is 42.0 Å². The lowest BCUT2D eigenvalue weighted by Crippen LogP contribution is -2.09. The van der Waals surface area contributed by atoms with Crippen LogP contribution in [0.5, 0.6) is 0 Å². The maximum Gasteiger partial charge on any atom is 0.224 e. The molecule has 1 aromatic heterocycles. The molecule has 0 radical (unpaired) electrons. The summed E-state index contributed by atoms with van der Waals surface area (Å²) >= 11 is 0. The number of hydrogen-bond donors (Lipinski definition) is 3. The molecule has 1 heterocycles. The van der Waals surface area contributed by atoms with Crippen LogP contribution >= 0.6 is 0 Å². The van der Waals surface area contributed by atoms with Gasteiger partial charge < -0.3 is 15.7 Å². The van der Waals surface area contributed by atoms with E-state index in [-0.39, 0.29) is 6.61 Å². The van der Waals surface area contributed by atoms with Crippen molar-refractivity contribution in [3.63, 3.8) is 0 Å². The summed E-state index contributed by atoms with van der Waals surface area (Å²) in [6, 6.07) is 8.44. The largest absolute Gasteiger partial charge is 0.396 e. The molecule has 1 fully saturated rings. The Balaban J connectivity index is 1.81. The van der Waals surface area contributed by atoms with Gasteiger partial charge in [0, 0.05) is 30.8 Å². The van der Waals surface area contributed by atoms with Gasteiger partial charge in [0.1, 0.15) is 5.82 Å². The maximum absolute atomic E-state index is 8.91. The van der Waals surface area contributed by atoms with E-state index in [1.165, 1.54) is 24.0 Å². The van der Waals surface area contributed by atoms with Gasteiger partial charge in [0.05, 0.1) is 5.69 Å². The van der Waals surface area contributed by atoms with E-state index in [0.29, 0.717) is 24.8 Å². The quantitative estimate of drug-likeness (QED) is 0.683. The second-order valence-electron chi connectivity index (χ2n) is 6.28. The van der Waals surface area contributed by atoms with E-state index in [9.17, 15) is 0 Å². The second-order valence-corrected chi connectivity index (χ2v) is 6.28. The highest BCUT2D eigenvalue weighted by Gasteiger charge is 2.26. The summed E-state index contributed by atoms with van der Waals surface area (Å²) in [6.07, 6.45) is 3.10. The number of aryl methyl sites for hydroxylation is 2. The first-order valence-electron chi connectivity index (χ1n) is 8.23. The minimum atomic E-state index is 0.170. The van der Waals surface area contributed by atoms with Gasteiger partial charge in [0.25, 0.3) is 0 Å². The summed E-state index contributed by atoms with van der Waals surface area (Å²) in [7, 11) is 0. The van der Waals surface area contributed by atoms with Gasteiger partial charge in [0.2, 0.25) is 5.95 Å². The minimum absolute atomic E-state index is 0.170. The SMILES string of the molecule is Cc1cc(C)cc(Nc2cc(C3CC3)nc(NCCCO)n2)c1. The molecule has 1 aliphatic rings. The van der Waals surface area contributed by atoms with Crippen LogP contribution in [-0.4, -0.2) is 28.2 Å². The van der Waals surface area contributed by atoms with Crippen molar-refractivity contribution in [3.05, 3.63) is 41.1 Å². The first kappa shape index (κ1) is 15.7. The lowest BCUT2D eigenvalue weighted by Gasteiger charge is -2.12. The molecule has 0 atom stereocenters. The predicted octanol–water partition coefficient (Wildman–Crippen LogP) is 3.51. The van der Waals surface area contributed by atoms with Crippen molar-refractivity contribution < 1.29 is 5.11 Å². The van der Waals surface area contributed by atoms with Crippen LogP contribution in [0.2, 0.25) is 0 Å². The Bertz CT molecular complexity index is 662. The first-order chi connectivity index (χ1) is 11.1. The van der Waals surface area contributed by atoms with Crippen LogP contribution in [0.4, 0.5) is 17.5 Å². The van der Waals surface area contributed by atoms with Crippen LogP contribution in [0, 0.1) is 13.8 Å². The molecular weight excluding hydrogens is 288 g/mol. The molecule has 122 valence electrons. The molecule has 1 aliphatic carbocycles. The monoisotopic (exact) mass is 312 g/mol. The summed E-state index contributed by atoms with van der Waals surface area (Å²) in [5.41, 5.74) is 4.60.